The first kappa shape index (κ1) is 17.7. The van der Waals surface area contributed by atoms with Gasteiger partial charge in [0, 0.05) is 30.8 Å². The van der Waals surface area contributed by atoms with Gasteiger partial charge in [-0.25, -0.2) is 4.39 Å². The summed E-state index contributed by atoms with van der Waals surface area (Å²) in [6, 6.07) is 7.02. The van der Waals surface area contributed by atoms with Gasteiger partial charge in [-0.1, -0.05) is 18.6 Å². The number of fused-ring (bicyclic) bond motifs is 1. The summed E-state index contributed by atoms with van der Waals surface area (Å²) in [5.41, 5.74) is 4.84. The lowest BCUT2D eigenvalue weighted by Gasteiger charge is -2.32. The minimum Gasteiger partial charge on any atom is -0.380 e. The number of hydrogen-bond acceptors (Lipinski definition) is 3. The molecule has 1 saturated heterocycles. The molecule has 1 atom stereocenters. The van der Waals surface area contributed by atoms with E-state index in [-0.39, 0.29) is 11.2 Å². The van der Waals surface area contributed by atoms with E-state index in [9.17, 15) is 4.39 Å². The Kier molecular flexibility index (Phi) is 5.09. The van der Waals surface area contributed by atoms with Crippen molar-refractivity contribution >= 4 is 0 Å². The summed E-state index contributed by atoms with van der Waals surface area (Å²) in [4.78, 5) is 2.32. The first-order valence-electron chi connectivity index (χ1n) is 9.74. The van der Waals surface area contributed by atoms with Crippen LogP contribution in [0.25, 0.3) is 0 Å². The predicted molar refractivity (Wildman–Crippen MR) is 99.7 cm³/mol. The van der Waals surface area contributed by atoms with Crippen LogP contribution >= 0.6 is 0 Å². The molecule has 4 nitrogen and oxygen atoms in total. The van der Waals surface area contributed by atoms with Gasteiger partial charge in [0.15, 0.2) is 0 Å². The Hall–Kier alpha value is -1.72. The van der Waals surface area contributed by atoms with Gasteiger partial charge >= 0.3 is 0 Å². The fraction of sp³-hybridized carbons (Fsp3) is 0.571. The molecule has 1 N–H and O–H groups in total. The minimum atomic E-state index is -0.172. The molecule has 26 heavy (non-hydrogen) atoms. The molecule has 1 aliphatic heterocycles. The van der Waals surface area contributed by atoms with E-state index in [1.807, 2.05) is 6.07 Å². The highest BCUT2D eigenvalue weighted by Crippen LogP contribution is 2.35. The number of hydrogen-bond donors (Lipinski definition) is 1. The maximum absolute atomic E-state index is 13.8. The molecular weight excluding hydrogens is 329 g/mol. The van der Waals surface area contributed by atoms with Gasteiger partial charge in [0.25, 0.3) is 0 Å². The zero-order chi connectivity index (χ0) is 18.0. The molecule has 2 aliphatic rings. The number of H-pyrrole nitrogens is 1. The van der Waals surface area contributed by atoms with Crippen LogP contribution in [0.1, 0.15) is 48.2 Å². The molecule has 0 saturated carbocycles. The van der Waals surface area contributed by atoms with Gasteiger partial charge in [-0.15, -0.1) is 0 Å². The third-order valence-corrected chi connectivity index (χ3v) is 5.92. The van der Waals surface area contributed by atoms with E-state index in [0.717, 1.165) is 44.5 Å². The average molecular weight is 357 g/mol. The lowest BCUT2D eigenvalue weighted by molar-refractivity contribution is 0.157. The molecule has 5 heteroatoms. The van der Waals surface area contributed by atoms with Crippen LogP contribution in [0.3, 0.4) is 0 Å². The summed E-state index contributed by atoms with van der Waals surface area (Å²) < 4.78 is 19.5. The molecule has 2 aromatic rings. The Morgan fingerprint density at radius 3 is 2.96 bits per heavy atom. The highest BCUT2D eigenvalue weighted by molar-refractivity contribution is 5.29. The molecule has 4 rings (SSSR count). The number of aromatic nitrogens is 2. The van der Waals surface area contributed by atoms with Crippen LogP contribution in [-0.2, 0) is 29.5 Å². The van der Waals surface area contributed by atoms with Gasteiger partial charge in [0.05, 0.1) is 12.3 Å². The van der Waals surface area contributed by atoms with Gasteiger partial charge in [-0.2, -0.15) is 5.10 Å². The predicted octanol–water partition coefficient (Wildman–Crippen LogP) is 3.61. The monoisotopic (exact) mass is 357 g/mol. The summed E-state index contributed by atoms with van der Waals surface area (Å²) >= 11 is 0. The van der Waals surface area contributed by atoms with Crippen LogP contribution in [0.15, 0.2) is 24.3 Å². The average Bonchev–Trinajstić information content (AvgIpc) is 3.16. The van der Waals surface area contributed by atoms with Crippen LogP contribution in [-0.4, -0.2) is 41.9 Å². The number of likely N-dealkylation sites (N-methyl/N-ethyl adjacent to an activating group) is 1. The highest BCUT2D eigenvalue weighted by atomic mass is 19.1. The Balaban J connectivity index is 1.51. The van der Waals surface area contributed by atoms with Gasteiger partial charge in [0.1, 0.15) is 5.82 Å². The first-order chi connectivity index (χ1) is 12.7. The molecule has 0 radical (unpaired) electrons. The van der Waals surface area contributed by atoms with Crippen LogP contribution in [0.2, 0.25) is 0 Å². The van der Waals surface area contributed by atoms with Gasteiger partial charge < -0.3 is 4.74 Å². The Morgan fingerprint density at radius 2 is 2.15 bits per heavy atom. The van der Waals surface area contributed by atoms with Crippen molar-refractivity contribution in [1.29, 1.82) is 0 Å². The van der Waals surface area contributed by atoms with E-state index in [1.54, 1.807) is 12.1 Å². The van der Waals surface area contributed by atoms with Crippen molar-refractivity contribution in [3.05, 3.63) is 52.6 Å². The second-order valence-electron chi connectivity index (χ2n) is 7.95. The largest absolute Gasteiger partial charge is 0.380 e. The topological polar surface area (TPSA) is 41.2 Å². The molecule has 0 spiro atoms. The smallest absolute Gasteiger partial charge is 0.123 e. The lowest BCUT2D eigenvalue weighted by Crippen LogP contribution is -2.39. The van der Waals surface area contributed by atoms with Gasteiger partial charge in [0.2, 0.25) is 0 Å². The maximum Gasteiger partial charge on any atom is 0.123 e. The lowest BCUT2D eigenvalue weighted by atomic mass is 9.79. The number of aromatic amines is 1. The van der Waals surface area contributed by atoms with E-state index in [4.69, 9.17) is 4.74 Å². The summed E-state index contributed by atoms with van der Waals surface area (Å²) in [7, 11) is 2.14. The number of aryl methyl sites for hydroxylation is 1. The molecule has 2 heterocycles. The Bertz CT molecular complexity index is 751. The normalized spacial score (nSPS) is 23.2. The summed E-state index contributed by atoms with van der Waals surface area (Å²) in [6.45, 7) is 3.06. The molecule has 1 aromatic carbocycles. The number of ether oxygens (including phenoxy) is 1. The third-order valence-electron chi connectivity index (χ3n) is 5.92. The summed E-state index contributed by atoms with van der Waals surface area (Å²) in [5, 5.41) is 7.87. The van der Waals surface area contributed by atoms with E-state index in [0.29, 0.717) is 6.61 Å². The third kappa shape index (κ3) is 3.55. The minimum absolute atomic E-state index is 0.135. The van der Waals surface area contributed by atoms with Crippen molar-refractivity contribution < 1.29 is 9.13 Å². The molecule has 1 fully saturated rings. The molecule has 1 unspecified atom stereocenters. The van der Waals surface area contributed by atoms with Crippen LogP contribution < -0.4 is 0 Å². The number of nitrogens with zero attached hydrogens (tertiary/aromatic N) is 2. The second kappa shape index (κ2) is 7.49. The zero-order valence-electron chi connectivity index (χ0n) is 15.6. The highest BCUT2D eigenvalue weighted by Gasteiger charge is 2.38. The number of rotatable bonds is 5. The second-order valence-corrected chi connectivity index (χ2v) is 7.95. The van der Waals surface area contributed by atoms with Crippen LogP contribution in [0, 0.1) is 5.82 Å². The Morgan fingerprint density at radius 1 is 1.27 bits per heavy atom. The van der Waals surface area contributed by atoms with E-state index >= 15 is 0 Å². The zero-order valence-corrected chi connectivity index (χ0v) is 15.6. The van der Waals surface area contributed by atoms with Crippen LogP contribution in [0.4, 0.5) is 4.39 Å². The van der Waals surface area contributed by atoms with E-state index in [1.165, 1.54) is 42.3 Å². The number of benzene rings is 1. The molecule has 0 amide bonds. The SMILES string of the molecule is CN(Cc1n[nH]c2c1CCCCC2)CC1(c2cccc(F)c2)CCOC1. The fourth-order valence-corrected chi connectivity index (χ4v) is 4.55. The van der Waals surface area contributed by atoms with Gasteiger partial charge in [-0.3, -0.25) is 10.00 Å². The van der Waals surface area contributed by atoms with Crippen LogP contribution in [0.5, 0.6) is 0 Å². The standard InChI is InChI=1S/C21H28FN3O/c1-25(13-20-18-8-3-2-4-9-19(18)23-24-20)14-21(10-11-26-15-21)16-6-5-7-17(22)12-16/h5-7,12H,2-4,8-11,13-15H2,1H3,(H,23,24). The van der Waals surface area contributed by atoms with Crippen molar-refractivity contribution in [3.8, 4) is 0 Å². The summed E-state index contributed by atoms with van der Waals surface area (Å²) in [6.07, 6.45) is 6.99. The summed E-state index contributed by atoms with van der Waals surface area (Å²) in [5.74, 6) is -0.172. The molecule has 0 bridgehead atoms. The van der Waals surface area contributed by atoms with Crippen molar-refractivity contribution in [3.63, 3.8) is 0 Å². The van der Waals surface area contributed by atoms with Crippen molar-refractivity contribution in [1.82, 2.24) is 15.1 Å². The molecule has 140 valence electrons. The number of nitrogens with one attached hydrogen (secondary N) is 1. The first-order valence-corrected chi connectivity index (χ1v) is 9.74. The Labute approximate surface area is 154 Å². The quantitative estimate of drug-likeness (QED) is 0.831. The molecule has 1 aromatic heterocycles. The van der Waals surface area contributed by atoms with Crippen molar-refractivity contribution in [2.45, 2.75) is 50.5 Å². The van der Waals surface area contributed by atoms with Crippen molar-refractivity contribution in [2.75, 3.05) is 26.8 Å². The fourth-order valence-electron chi connectivity index (χ4n) is 4.55. The number of halogens is 1. The van der Waals surface area contributed by atoms with Gasteiger partial charge in [-0.05, 0) is 62.4 Å². The maximum atomic E-state index is 13.8. The van der Waals surface area contributed by atoms with E-state index < -0.39 is 0 Å². The van der Waals surface area contributed by atoms with Crippen molar-refractivity contribution in [2.24, 2.45) is 0 Å². The van der Waals surface area contributed by atoms with E-state index in [2.05, 4.69) is 22.1 Å². The molecule has 1 aliphatic carbocycles. The molecular formula is C21H28FN3O.